The molecule has 2 N–H and O–H groups in total. The van der Waals surface area contributed by atoms with Gasteiger partial charge in [-0.2, -0.15) is 0 Å². The van der Waals surface area contributed by atoms with Crippen molar-refractivity contribution in [1.82, 2.24) is 4.90 Å². The standard InChI is InChI=1S/C14H19NO3/c16-11-14(13(17)18,15-8-4-5-9-15)10-12-6-2-1-3-7-12/h1-3,6-7,16H,4-5,8-11H2,(H,17,18)/t14-/m0/s1. The number of carboxylic acid groups (broad SMARTS) is 1. The fraction of sp³-hybridized carbons (Fsp3) is 0.500. The Morgan fingerprint density at radius 1 is 1.22 bits per heavy atom. The van der Waals surface area contributed by atoms with Crippen LogP contribution in [0.25, 0.3) is 0 Å². The second-order valence-electron chi connectivity index (χ2n) is 4.85. The van der Waals surface area contributed by atoms with Crippen molar-refractivity contribution in [1.29, 1.82) is 0 Å². The number of likely N-dealkylation sites (tertiary alicyclic amines) is 1. The monoisotopic (exact) mass is 249 g/mol. The molecule has 1 aliphatic heterocycles. The molecule has 4 nitrogen and oxygen atoms in total. The van der Waals surface area contributed by atoms with Crippen LogP contribution in [0.2, 0.25) is 0 Å². The summed E-state index contributed by atoms with van der Waals surface area (Å²) in [7, 11) is 0. The van der Waals surface area contributed by atoms with Gasteiger partial charge in [-0.25, -0.2) is 0 Å². The molecule has 0 aliphatic carbocycles. The quantitative estimate of drug-likeness (QED) is 0.821. The molecule has 0 amide bonds. The van der Waals surface area contributed by atoms with Gasteiger partial charge in [-0.15, -0.1) is 0 Å². The van der Waals surface area contributed by atoms with Crippen LogP contribution in [-0.2, 0) is 11.2 Å². The molecular weight excluding hydrogens is 230 g/mol. The van der Waals surface area contributed by atoms with Gasteiger partial charge in [-0.3, -0.25) is 9.69 Å². The van der Waals surface area contributed by atoms with E-state index in [4.69, 9.17) is 0 Å². The average molecular weight is 249 g/mol. The van der Waals surface area contributed by atoms with Gasteiger partial charge < -0.3 is 10.2 Å². The van der Waals surface area contributed by atoms with Gasteiger partial charge in [-0.1, -0.05) is 30.3 Å². The van der Waals surface area contributed by atoms with Crippen LogP contribution in [0.5, 0.6) is 0 Å². The van der Waals surface area contributed by atoms with Gasteiger partial charge in [0.15, 0.2) is 0 Å². The Bertz CT molecular complexity index is 401. The summed E-state index contributed by atoms with van der Waals surface area (Å²) in [4.78, 5) is 13.5. The zero-order valence-electron chi connectivity index (χ0n) is 10.4. The molecule has 2 rings (SSSR count). The van der Waals surface area contributed by atoms with Crippen molar-refractivity contribution in [3.63, 3.8) is 0 Å². The van der Waals surface area contributed by atoms with Crippen molar-refractivity contribution in [3.05, 3.63) is 35.9 Å². The van der Waals surface area contributed by atoms with E-state index in [1.54, 1.807) is 0 Å². The maximum Gasteiger partial charge on any atom is 0.326 e. The van der Waals surface area contributed by atoms with Crippen molar-refractivity contribution in [3.8, 4) is 0 Å². The van der Waals surface area contributed by atoms with E-state index in [9.17, 15) is 15.0 Å². The van der Waals surface area contributed by atoms with Gasteiger partial charge in [0.25, 0.3) is 0 Å². The van der Waals surface area contributed by atoms with Crippen molar-refractivity contribution in [2.75, 3.05) is 19.7 Å². The van der Waals surface area contributed by atoms with Crippen LogP contribution >= 0.6 is 0 Å². The zero-order chi connectivity index (χ0) is 13.0. The minimum Gasteiger partial charge on any atom is -0.480 e. The average Bonchev–Trinajstić information content (AvgIpc) is 2.91. The van der Waals surface area contributed by atoms with Crippen LogP contribution in [-0.4, -0.2) is 46.3 Å². The van der Waals surface area contributed by atoms with Crippen LogP contribution in [0.4, 0.5) is 0 Å². The molecule has 1 saturated heterocycles. The molecule has 0 radical (unpaired) electrons. The summed E-state index contributed by atoms with van der Waals surface area (Å²) in [6, 6.07) is 9.50. The van der Waals surface area contributed by atoms with Crippen molar-refractivity contribution >= 4 is 5.97 Å². The highest BCUT2D eigenvalue weighted by atomic mass is 16.4. The van der Waals surface area contributed by atoms with Crippen LogP contribution in [0.1, 0.15) is 18.4 Å². The third-order valence-electron chi connectivity index (χ3n) is 3.71. The molecule has 1 aromatic carbocycles. The third kappa shape index (κ3) is 2.40. The molecule has 4 heteroatoms. The second-order valence-corrected chi connectivity index (χ2v) is 4.85. The number of aliphatic carboxylic acids is 1. The number of rotatable bonds is 5. The number of carboxylic acids is 1. The molecule has 0 bridgehead atoms. The first-order chi connectivity index (χ1) is 8.69. The molecule has 1 fully saturated rings. The van der Waals surface area contributed by atoms with Crippen molar-refractivity contribution in [2.24, 2.45) is 0 Å². The van der Waals surface area contributed by atoms with Crippen LogP contribution in [0.3, 0.4) is 0 Å². The van der Waals surface area contributed by atoms with Gasteiger partial charge in [-0.05, 0) is 31.5 Å². The number of benzene rings is 1. The SMILES string of the molecule is O=C(O)[C@@](CO)(Cc1ccccc1)N1CCCC1. The summed E-state index contributed by atoms with van der Waals surface area (Å²) in [6.45, 7) is 1.15. The van der Waals surface area contributed by atoms with E-state index >= 15 is 0 Å². The number of aliphatic hydroxyl groups excluding tert-OH is 1. The zero-order valence-corrected chi connectivity index (χ0v) is 10.4. The Morgan fingerprint density at radius 2 is 1.83 bits per heavy atom. The smallest absolute Gasteiger partial charge is 0.326 e. The van der Waals surface area contributed by atoms with E-state index in [2.05, 4.69) is 0 Å². The maximum absolute atomic E-state index is 11.6. The molecule has 18 heavy (non-hydrogen) atoms. The summed E-state index contributed by atoms with van der Waals surface area (Å²) in [6.07, 6.45) is 2.35. The minimum absolute atomic E-state index is 0.347. The molecule has 1 aromatic rings. The molecule has 98 valence electrons. The first-order valence-corrected chi connectivity index (χ1v) is 6.32. The van der Waals surface area contributed by atoms with Gasteiger partial charge >= 0.3 is 5.97 Å². The lowest BCUT2D eigenvalue weighted by atomic mass is 9.90. The molecular formula is C14H19NO3. The van der Waals surface area contributed by atoms with E-state index < -0.39 is 11.5 Å². The molecule has 0 spiro atoms. The molecule has 1 heterocycles. The lowest BCUT2D eigenvalue weighted by Gasteiger charge is -2.36. The number of aliphatic hydroxyl groups is 1. The summed E-state index contributed by atoms with van der Waals surface area (Å²) >= 11 is 0. The van der Waals surface area contributed by atoms with Crippen molar-refractivity contribution in [2.45, 2.75) is 24.8 Å². The summed E-state index contributed by atoms with van der Waals surface area (Å²) in [5.41, 5.74) is -0.224. The first-order valence-electron chi connectivity index (χ1n) is 6.32. The maximum atomic E-state index is 11.6. The number of carbonyl (C=O) groups is 1. The van der Waals surface area contributed by atoms with Gasteiger partial charge in [0, 0.05) is 6.42 Å². The summed E-state index contributed by atoms with van der Waals surface area (Å²) in [5.74, 6) is -0.934. The normalized spacial score (nSPS) is 19.6. The number of nitrogens with zero attached hydrogens (tertiary/aromatic N) is 1. The Hall–Kier alpha value is -1.39. The highest BCUT2D eigenvalue weighted by Crippen LogP contribution is 2.26. The van der Waals surface area contributed by atoms with E-state index in [0.29, 0.717) is 6.42 Å². The molecule has 1 aliphatic rings. The van der Waals surface area contributed by atoms with Crippen molar-refractivity contribution < 1.29 is 15.0 Å². The Labute approximate surface area is 107 Å². The minimum atomic E-state index is -1.17. The summed E-state index contributed by atoms with van der Waals surface area (Å²) < 4.78 is 0. The lowest BCUT2D eigenvalue weighted by Crippen LogP contribution is -2.57. The fourth-order valence-corrected chi connectivity index (χ4v) is 2.62. The molecule has 0 saturated carbocycles. The van der Waals surface area contributed by atoms with Crippen LogP contribution in [0, 0.1) is 0 Å². The summed E-state index contributed by atoms with van der Waals surface area (Å²) in [5, 5.41) is 19.2. The first kappa shape index (κ1) is 13.1. The third-order valence-corrected chi connectivity index (χ3v) is 3.71. The largest absolute Gasteiger partial charge is 0.480 e. The molecule has 0 aromatic heterocycles. The predicted molar refractivity (Wildman–Crippen MR) is 68.4 cm³/mol. The van der Waals surface area contributed by atoms with Gasteiger partial charge in [0.05, 0.1) is 6.61 Å². The highest BCUT2D eigenvalue weighted by Gasteiger charge is 2.44. The van der Waals surface area contributed by atoms with E-state index in [1.807, 2.05) is 35.2 Å². The fourth-order valence-electron chi connectivity index (χ4n) is 2.62. The Morgan fingerprint density at radius 3 is 2.33 bits per heavy atom. The lowest BCUT2D eigenvalue weighted by molar-refractivity contribution is -0.154. The van der Waals surface area contributed by atoms with Crippen LogP contribution in [0.15, 0.2) is 30.3 Å². The van der Waals surface area contributed by atoms with Gasteiger partial charge in [0.1, 0.15) is 5.54 Å². The Kier molecular flexibility index (Phi) is 3.99. The molecule has 1 atom stereocenters. The molecule has 0 unspecified atom stereocenters. The van der Waals surface area contributed by atoms with E-state index in [1.165, 1.54) is 0 Å². The predicted octanol–water partition coefficient (Wildman–Crippen LogP) is 1.14. The van der Waals surface area contributed by atoms with Crippen LogP contribution < -0.4 is 0 Å². The van der Waals surface area contributed by atoms with E-state index in [0.717, 1.165) is 31.5 Å². The second kappa shape index (κ2) is 5.50. The highest BCUT2D eigenvalue weighted by molar-refractivity contribution is 5.79. The number of hydrogen-bond donors (Lipinski definition) is 2. The van der Waals surface area contributed by atoms with E-state index in [-0.39, 0.29) is 6.61 Å². The van der Waals surface area contributed by atoms with Gasteiger partial charge in [0.2, 0.25) is 0 Å². The topological polar surface area (TPSA) is 60.8 Å². The Balaban J connectivity index is 2.26. The number of hydrogen-bond acceptors (Lipinski definition) is 3.